The largest absolute Gasteiger partial charge is 0.374 e. The Morgan fingerprint density at radius 2 is 2.17 bits per heavy atom. The first-order valence-electron chi connectivity index (χ1n) is 8.30. The summed E-state index contributed by atoms with van der Waals surface area (Å²) in [5, 5.41) is 9.79. The molecular formula is C18H24N4O2. The van der Waals surface area contributed by atoms with E-state index in [0.717, 1.165) is 42.1 Å². The number of hydrogen-bond donors (Lipinski definition) is 2. The van der Waals surface area contributed by atoms with Gasteiger partial charge in [-0.05, 0) is 57.4 Å². The Morgan fingerprint density at radius 1 is 1.38 bits per heavy atom. The number of urea groups is 1. The van der Waals surface area contributed by atoms with Gasteiger partial charge in [0.25, 0.3) is 0 Å². The number of nitrogens with zero attached hydrogens (tertiary/aromatic N) is 2. The number of anilines is 2. The average Bonchev–Trinajstić information content (AvgIpc) is 2.86. The zero-order valence-electron chi connectivity index (χ0n) is 14.6. The molecule has 0 fully saturated rings. The smallest absolute Gasteiger partial charge is 0.319 e. The van der Waals surface area contributed by atoms with Crippen molar-refractivity contribution in [2.24, 2.45) is 0 Å². The van der Waals surface area contributed by atoms with Gasteiger partial charge in [-0.1, -0.05) is 5.16 Å². The van der Waals surface area contributed by atoms with Crippen molar-refractivity contribution in [2.75, 3.05) is 23.8 Å². The van der Waals surface area contributed by atoms with Gasteiger partial charge in [0.2, 0.25) is 0 Å². The van der Waals surface area contributed by atoms with E-state index in [4.69, 9.17) is 4.52 Å². The van der Waals surface area contributed by atoms with Gasteiger partial charge in [-0.2, -0.15) is 0 Å². The first kappa shape index (κ1) is 16.4. The van der Waals surface area contributed by atoms with E-state index in [9.17, 15) is 4.79 Å². The number of aromatic nitrogens is 1. The highest BCUT2D eigenvalue weighted by Crippen LogP contribution is 2.28. The number of amides is 2. The molecule has 6 heteroatoms. The number of hydrogen-bond acceptors (Lipinski definition) is 4. The van der Waals surface area contributed by atoms with Crippen molar-refractivity contribution in [3.05, 3.63) is 40.8 Å². The van der Waals surface area contributed by atoms with E-state index < -0.39 is 0 Å². The van der Waals surface area contributed by atoms with Crippen LogP contribution in [0.3, 0.4) is 0 Å². The number of carbonyl (C=O) groups excluding carboxylic acids is 1. The SMILES string of the molecule is Cc1noc(C)c1C(C)NC(=O)Nc1ccc2c(c1)CCCN2C. The summed E-state index contributed by atoms with van der Waals surface area (Å²) < 4.78 is 5.16. The molecule has 3 rings (SSSR count). The van der Waals surface area contributed by atoms with Crippen molar-refractivity contribution >= 4 is 17.4 Å². The van der Waals surface area contributed by atoms with Gasteiger partial charge in [0.15, 0.2) is 0 Å². The number of benzene rings is 1. The molecule has 0 bridgehead atoms. The van der Waals surface area contributed by atoms with E-state index >= 15 is 0 Å². The Bertz CT molecular complexity index is 734. The van der Waals surface area contributed by atoms with Crippen LogP contribution in [0.1, 0.15) is 42.0 Å². The molecule has 1 atom stereocenters. The minimum atomic E-state index is -0.230. The molecule has 0 spiro atoms. The predicted octanol–water partition coefficient (Wildman–Crippen LogP) is 3.56. The Kier molecular flexibility index (Phi) is 4.46. The first-order valence-corrected chi connectivity index (χ1v) is 8.30. The number of carbonyl (C=O) groups is 1. The van der Waals surface area contributed by atoms with Crippen molar-refractivity contribution in [1.82, 2.24) is 10.5 Å². The van der Waals surface area contributed by atoms with Crippen LogP contribution in [0.4, 0.5) is 16.2 Å². The summed E-state index contributed by atoms with van der Waals surface area (Å²) in [4.78, 5) is 14.5. The van der Waals surface area contributed by atoms with Gasteiger partial charge in [0, 0.05) is 30.5 Å². The second-order valence-electron chi connectivity index (χ2n) is 6.43. The van der Waals surface area contributed by atoms with Gasteiger partial charge in [-0.3, -0.25) is 0 Å². The Labute approximate surface area is 142 Å². The fourth-order valence-corrected chi connectivity index (χ4v) is 3.41. The summed E-state index contributed by atoms with van der Waals surface area (Å²) in [5.74, 6) is 0.733. The lowest BCUT2D eigenvalue weighted by molar-refractivity contribution is 0.249. The van der Waals surface area contributed by atoms with Gasteiger partial charge in [-0.15, -0.1) is 0 Å². The molecular weight excluding hydrogens is 304 g/mol. The van der Waals surface area contributed by atoms with Crippen LogP contribution in [0.2, 0.25) is 0 Å². The van der Waals surface area contributed by atoms with Crippen molar-refractivity contribution < 1.29 is 9.32 Å². The van der Waals surface area contributed by atoms with E-state index in [1.165, 1.54) is 11.3 Å². The second kappa shape index (κ2) is 6.55. The van der Waals surface area contributed by atoms with E-state index in [1.54, 1.807) is 0 Å². The predicted molar refractivity (Wildman–Crippen MR) is 94.6 cm³/mol. The maximum absolute atomic E-state index is 12.3. The molecule has 2 N–H and O–H groups in total. The molecule has 1 aromatic carbocycles. The molecule has 0 saturated heterocycles. The Hall–Kier alpha value is -2.50. The fraction of sp³-hybridized carbons (Fsp3) is 0.444. The molecule has 1 aliphatic rings. The molecule has 1 aliphatic heterocycles. The van der Waals surface area contributed by atoms with Crippen LogP contribution < -0.4 is 15.5 Å². The molecule has 6 nitrogen and oxygen atoms in total. The van der Waals surface area contributed by atoms with E-state index in [1.807, 2.05) is 26.8 Å². The molecule has 2 aromatic rings. The molecule has 1 aromatic heterocycles. The molecule has 2 amide bonds. The van der Waals surface area contributed by atoms with Crippen LogP contribution in [0.5, 0.6) is 0 Å². The second-order valence-corrected chi connectivity index (χ2v) is 6.43. The maximum Gasteiger partial charge on any atom is 0.319 e. The third-order valence-electron chi connectivity index (χ3n) is 4.56. The number of nitrogens with one attached hydrogen (secondary N) is 2. The monoisotopic (exact) mass is 328 g/mol. The minimum absolute atomic E-state index is 0.167. The van der Waals surface area contributed by atoms with Crippen molar-refractivity contribution in [3.63, 3.8) is 0 Å². The van der Waals surface area contributed by atoms with Crippen molar-refractivity contribution in [1.29, 1.82) is 0 Å². The normalized spacial score (nSPS) is 14.9. The summed E-state index contributed by atoms with van der Waals surface area (Å²) >= 11 is 0. The van der Waals surface area contributed by atoms with Gasteiger partial charge in [0.1, 0.15) is 5.76 Å². The van der Waals surface area contributed by atoms with Crippen LogP contribution in [0.15, 0.2) is 22.7 Å². The molecule has 2 heterocycles. The average molecular weight is 328 g/mol. The number of aryl methyl sites for hydroxylation is 3. The Morgan fingerprint density at radius 3 is 2.88 bits per heavy atom. The van der Waals surface area contributed by atoms with Crippen LogP contribution in [-0.2, 0) is 6.42 Å². The Balaban J connectivity index is 1.67. The summed E-state index contributed by atoms with van der Waals surface area (Å²) in [6.07, 6.45) is 2.19. The fourth-order valence-electron chi connectivity index (χ4n) is 3.41. The highest BCUT2D eigenvalue weighted by Gasteiger charge is 2.19. The number of fused-ring (bicyclic) bond motifs is 1. The lowest BCUT2D eigenvalue weighted by atomic mass is 10.0. The minimum Gasteiger partial charge on any atom is -0.374 e. The molecule has 128 valence electrons. The van der Waals surface area contributed by atoms with Crippen molar-refractivity contribution in [2.45, 2.75) is 39.7 Å². The van der Waals surface area contributed by atoms with Gasteiger partial charge in [-0.25, -0.2) is 4.79 Å². The summed E-state index contributed by atoms with van der Waals surface area (Å²) in [6.45, 7) is 6.73. The summed E-state index contributed by atoms with van der Waals surface area (Å²) in [6, 6.07) is 5.68. The van der Waals surface area contributed by atoms with E-state index in [0.29, 0.717) is 0 Å². The van der Waals surface area contributed by atoms with Crippen LogP contribution in [-0.4, -0.2) is 24.8 Å². The van der Waals surface area contributed by atoms with E-state index in [-0.39, 0.29) is 12.1 Å². The molecule has 24 heavy (non-hydrogen) atoms. The zero-order chi connectivity index (χ0) is 17.3. The van der Waals surface area contributed by atoms with Gasteiger partial charge < -0.3 is 20.1 Å². The third kappa shape index (κ3) is 3.22. The summed E-state index contributed by atoms with van der Waals surface area (Å²) in [5.41, 5.74) is 5.07. The highest BCUT2D eigenvalue weighted by molar-refractivity contribution is 5.90. The molecule has 0 radical (unpaired) electrons. The first-order chi connectivity index (χ1) is 11.5. The van der Waals surface area contributed by atoms with E-state index in [2.05, 4.69) is 39.9 Å². The van der Waals surface area contributed by atoms with Crippen LogP contribution in [0, 0.1) is 13.8 Å². The molecule has 0 aliphatic carbocycles. The van der Waals surface area contributed by atoms with Crippen LogP contribution in [0.25, 0.3) is 0 Å². The standard InChI is InChI=1S/C18H24N4O2/c1-11(17-12(2)21-24-13(17)3)19-18(23)20-15-7-8-16-14(10-15)6-5-9-22(16)4/h7-8,10-11H,5-6,9H2,1-4H3,(H2,19,20,23). The number of rotatable bonds is 3. The van der Waals surface area contributed by atoms with Gasteiger partial charge >= 0.3 is 6.03 Å². The van der Waals surface area contributed by atoms with Gasteiger partial charge in [0.05, 0.1) is 11.7 Å². The molecule has 1 unspecified atom stereocenters. The highest BCUT2D eigenvalue weighted by atomic mass is 16.5. The zero-order valence-corrected chi connectivity index (χ0v) is 14.6. The van der Waals surface area contributed by atoms with Crippen molar-refractivity contribution in [3.8, 4) is 0 Å². The van der Waals surface area contributed by atoms with Crippen LogP contribution >= 0.6 is 0 Å². The lowest BCUT2D eigenvalue weighted by Gasteiger charge is -2.27. The maximum atomic E-state index is 12.3. The quantitative estimate of drug-likeness (QED) is 0.904. The lowest BCUT2D eigenvalue weighted by Crippen LogP contribution is -2.31. The summed E-state index contributed by atoms with van der Waals surface area (Å²) in [7, 11) is 2.10. The topological polar surface area (TPSA) is 70.4 Å². The third-order valence-corrected chi connectivity index (χ3v) is 4.56. The molecule has 0 saturated carbocycles.